The van der Waals surface area contributed by atoms with Crippen LogP contribution in [-0.2, 0) is 19.9 Å². The lowest BCUT2D eigenvalue weighted by Gasteiger charge is -2.39. The van der Waals surface area contributed by atoms with Gasteiger partial charge in [-0.2, -0.15) is 0 Å². The summed E-state index contributed by atoms with van der Waals surface area (Å²) in [6.07, 6.45) is 2.42. The molecular formula is C28H28O4. The number of benzene rings is 3. The van der Waals surface area contributed by atoms with Gasteiger partial charge >= 0.3 is 5.97 Å². The Morgan fingerprint density at radius 1 is 0.906 bits per heavy atom. The second kappa shape index (κ2) is 11.2. The molecule has 164 valence electrons. The number of ether oxygens (including phenoxy) is 2. The molecule has 4 nitrogen and oxygen atoms in total. The third-order valence-electron chi connectivity index (χ3n) is 5.16. The predicted molar refractivity (Wildman–Crippen MR) is 126 cm³/mol. The van der Waals surface area contributed by atoms with Crippen LogP contribution in [0.3, 0.4) is 0 Å². The van der Waals surface area contributed by atoms with Crippen LogP contribution in [-0.4, -0.2) is 29.9 Å². The van der Waals surface area contributed by atoms with Crippen molar-refractivity contribution in [2.45, 2.75) is 24.7 Å². The van der Waals surface area contributed by atoms with Gasteiger partial charge in [0, 0.05) is 6.08 Å². The van der Waals surface area contributed by atoms with Gasteiger partial charge in [0.05, 0.1) is 12.2 Å². The molecule has 0 fully saturated rings. The highest BCUT2D eigenvalue weighted by molar-refractivity contribution is 5.82. The molecule has 0 amide bonds. The lowest BCUT2D eigenvalue weighted by molar-refractivity contribution is -0.136. The Labute approximate surface area is 189 Å². The van der Waals surface area contributed by atoms with Crippen LogP contribution >= 0.6 is 0 Å². The molecule has 3 aromatic rings. The Balaban J connectivity index is 2.02. The maximum atomic E-state index is 11.8. The number of hydrogen-bond donors (Lipinski definition) is 1. The number of esters is 1. The van der Waals surface area contributed by atoms with E-state index in [2.05, 4.69) is 6.58 Å². The van der Waals surface area contributed by atoms with Gasteiger partial charge in [-0.15, -0.1) is 0 Å². The molecule has 0 aromatic heterocycles. The van der Waals surface area contributed by atoms with E-state index in [1.54, 1.807) is 6.92 Å². The summed E-state index contributed by atoms with van der Waals surface area (Å²) in [6, 6.07) is 29.8. The normalized spacial score (nSPS) is 13.4. The monoisotopic (exact) mass is 428 g/mol. The largest absolute Gasteiger partial charge is 0.458 e. The minimum atomic E-state index is -1.03. The zero-order chi connectivity index (χ0) is 22.8. The van der Waals surface area contributed by atoms with Crippen molar-refractivity contribution in [3.8, 4) is 0 Å². The van der Waals surface area contributed by atoms with E-state index >= 15 is 0 Å². The maximum Gasteiger partial charge on any atom is 0.330 e. The summed E-state index contributed by atoms with van der Waals surface area (Å²) in [5, 5.41) is 10.8. The summed E-state index contributed by atoms with van der Waals surface area (Å²) in [5.74, 6) is -0.545. The van der Waals surface area contributed by atoms with Crippen molar-refractivity contribution in [3.63, 3.8) is 0 Å². The average molecular weight is 429 g/mol. The number of hydrogen-bond acceptors (Lipinski definition) is 4. The van der Waals surface area contributed by atoms with E-state index < -0.39 is 23.8 Å². The van der Waals surface area contributed by atoms with Crippen LogP contribution in [0, 0.1) is 0 Å². The van der Waals surface area contributed by atoms with Gasteiger partial charge in [-0.1, -0.05) is 104 Å². The second-order valence-corrected chi connectivity index (χ2v) is 7.37. The molecule has 0 bridgehead atoms. The van der Waals surface area contributed by atoms with Gasteiger partial charge in [0.15, 0.2) is 0 Å². The lowest BCUT2D eigenvalue weighted by Crippen LogP contribution is -2.39. The number of rotatable bonds is 10. The fraction of sp³-hybridized carbons (Fsp3) is 0.179. The molecule has 4 heteroatoms. The molecule has 32 heavy (non-hydrogen) atoms. The zero-order valence-electron chi connectivity index (χ0n) is 18.1. The maximum absolute atomic E-state index is 11.8. The third-order valence-corrected chi connectivity index (χ3v) is 5.16. The molecule has 1 N–H and O–H groups in total. The van der Waals surface area contributed by atoms with E-state index in [0.29, 0.717) is 0 Å². The molecular weight excluding hydrogens is 400 g/mol. The first kappa shape index (κ1) is 23.2. The van der Waals surface area contributed by atoms with Crippen molar-refractivity contribution < 1.29 is 19.4 Å². The zero-order valence-corrected chi connectivity index (χ0v) is 18.1. The molecule has 0 radical (unpaired) electrons. The van der Waals surface area contributed by atoms with E-state index in [-0.39, 0.29) is 6.61 Å². The average Bonchev–Trinajstić information content (AvgIpc) is 2.86. The van der Waals surface area contributed by atoms with Crippen LogP contribution in [0.5, 0.6) is 0 Å². The Kier molecular flexibility index (Phi) is 8.14. The highest BCUT2D eigenvalue weighted by Gasteiger charge is 2.39. The van der Waals surface area contributed by atoms with Gasteiger partial charge in [0.2, 0.25) is 0 Å². The molecule has 0 saturated carbocycles. The van der Waals surface area contributed by atoms with Crippen molar-refractivity contribution in [2.24, 2.45) is 0 Å². The van der Waals surface area contributed by atoms with Gasteiger partial charge in [-0.05, 0) is 29.7 Å². The van der Waals surface area contributed by atoms with Crippen molar-refractivity contribution >= 4 is 5.97 Å². The molecule has 3 rings (SSSR count). The molecule has 0 saturated heterocycles. The number of aliphatic hydroxyl groups excluding tert-OH is 1. The Hall–Kier alpha value is -3.47. The molecule has 0 unspecified atom stereocenters. The first-order valence-electron chi connectivity index (χ1n) is 10.6. The topological polar surface area (TPSA) is 55.8 Å². The molecule has 2 atom stereocenters. The number of aliphatic hydroxyl groups is 1. The van der Waals surface area contributed by atoms with Crippen molar-refractivity contribution in [1.29, 1.82) is 0 Å². The van der Waals surface area contributed by atoms with Crippen LogP contribution < -0.4 is 0 Å². The summed E-state index contributed by atoms with van der Waals surface area (Å²) in [4.78, 5) is 11.8. The molecule has 0 aliphatic heterocycles. The minimum Gasteiger partial charge on any atom is -0.458 e. The summed E-state index contributed by atoms with van der Waals surface area (Å²) >= 11 is 0. The van der Waals surface area contributed by atoms with Crippen LogP contribution in [0.1, 0.15) is 23.6 Å². The van der Waals surface area contributed by atoms with Crippen LogP contribution in [0.4, 0.5) is 0 Å². The van der Waals surface area contributed by atoms with Crippen LogP contribution in [0.25, 0.3) is 0 Å². The second-order valence-electron chi connectivity index (χ2n) is 7.37. The van der Waals surface area contributed by atoms with Crippen LogP contribution in [0.2, 0.25) is 0 Å². The molecule has 0 aliphatic rings. The first-order valence-corrected chi connectivity index (χ1v) is 10.6. The fourth-order valence-corrected chi connectivity index (χ4v) is 3.59. The summed E-state index contributed by atoms with van der Waals surface area (Å²) < 4.78 is 11.6. The third kappa shape index (κ3) is 5.41. The standard InChI is InChI=1S/C28H28O4/c1-3-21-31-27(30)20-19-26(29)22(2)32-28(23-13-7-4-8-14-23,24-15-9-5-10-16-24)25-17-11-6-12-18-25/h3-20,22,26,29H,1,21H2,2H3/b20-19+/t22-,26-/m0/s1. The van der Waals surface area contributed by atoms with E-state index in [1.165, 1.54) is 18.2 Å². The molecule has 0 aliphatic carbocycles. The van der Waals surface area contributed by atoms with Crippen molar-refractivity contribution in [2.75, 3.05) is 6.61 Å². The van der Waals surface area contributed by atoms with E-state index in [4.69, 9.17) is 9.47 Å². The molecule has 3 aromatic carbocycles. The van der Waals surface area contributed by atoms with Gasteiger partial charge in [0.1, 0.15) is 12.2 Å². The van der Waals surface area contributed by atoms with Crippen molar-refractivity contribution in [3.05, 3.63) is 132 Å². The number of carbonyl (C=O) groups excluding carboxylic acids is 1. The van der Waals surface area contributed by atoms with Crippen LogP contribution in [0.15, 0.2) is 116 Å². The van der Waals surface area contributed by atoms with Gasteiger partial charge < -0.3 is 14.6 Å². The Bertz CT molecular complexity index is 916. The Morgan fingerprint density at radius 2 is 1.34 bits per heavy atom. The van der Waals surface area contributed by atoms with E-state index in [1.807, 2.05) is 91.0 Å². The smallest absolute Gasteiger partial charge is 0.330 e. The summed E-state index contributed by atoms with van der Waals surface area (Å²) in [6.45, 7) is 5.41. The summed E-state index contributed by atoms with van der Waals surface area (Å²) in [7, 11) is 0. The van der Waals surface area contributed by atoms with Crippen molar-refractivity contribution in [1.82, 2.24) is 0 Å². The fourth-order valence-electron chi connectivity index (χ4n) is 3.59. The predicted octanol–water partition coefficient (Wildman–Crippen LogP) is 5.03. The highest BCUT2D eigenvalue weighted by Crippen LogP contribution is 2.41. The number of carbonyl (C=O) groups is 1. The van der Waals surface area contributed by atoms with Gasteiger partial charge in [-0.25, -0.2) is 4.79 Å². The first-order chi connectivity index (χ1) is 15.6. The van der Waals surface area contributed by atoms with Gasteiger partial charge in [-0.3, -0.25) is 0 Å². The molecule has 0 heterocycles. The SMILES string of the molecule is C=CCOC(=O)/C=C/[C@H](O)[C@H](C)OC(c1ccccc1)(c1ccccc1)c1ccccc1. The minimum absolute atomic E-state index is 0.116. The van der Waals surface area contributed by atoms with E-state index in [0.717, 1.165) is 16.7 Å². The molecule has 0 spiro atoms. The quantitative estimate of drug-likeness (QED) is 0.213. The highest BCUT2D eigenvalue weighted by atomic mass is 16.5. The lowest BCUT2D eigenvalue weighted by atomic mass is 9.80. The van der Waals surface area contributed by atoms with E-state index in [9.17, 15) is 9.90 Å². The Morgan fingerprint density at radius 3 is 1.75 bits per heavy atom. The van der Waals surface area contributed by atoms with Gasteiger partial charge in [0.25, 0.3) is 0 Å². The summed E-state index contributed by atoms with van der Waals surface area (Å²) in [5.41, 5.74) is 1.85.